The zero-order valence-corrected chi connectivity index (χ0v) is 12.2. The highest BCUT2D eigenvalue weighted by molar-refractivity contribution is 5.70. The van der Waals surface area contributed by atoms with Gasteiger partial charge in [0.2, 0.25) is 0 Å². The Morgan fingerprint density at radius 3 is 2.45 bits per heavy atom. The Kier molecular flexibility index (Phi) is 4.90. The number of nitrogens with one attached hydrogen (secondary N) is 1. The molecule has 0 spiro atoms. The molecule has 0 saturated carbocycles. The lowest BCUT2D eigenvalue weighted by atomic mass is 10.1. The van der Waals surface area contributed by atoms with Crippen molar-refractivity contribution in [2.24, 2.45) is 0 Å². The molecule has 6 heteroatoms. The van der Waals surface area contributed by atoms with Crippen molar-refractivity contribution in [3.05, 3.63) is 47.7 Å². The summed E-state index contributed by atoms with van der Waals surface area (Å²) in [6.07, 6.45) is -0.497. The first-order chi connectivity index (χ1) is 10.4. The van der Waals surface area contributed by atoms with Gasteiger partial charge in [0.05, 0.1) is 11.3 Å². The van der Waals surface area contributed by atoms with Gasteiger partial charge in [0.1, 0.15) is 5.82 Å². The zero-order chi connectivity index (χ0) is 16.2. The molecule has 1 aromatic carbocycles. The molecule has 0 saturated heterocycles. The van der Waals surface area contributed by atoms with Crippen molar-refractivity contribution in [2.45, 2.75) is 32.4 Å². The summed E-state index contributed by atoms with van der Waals surface area (Å²) < 4.78 is 38.1. The van der Waals surface area contributed by atoms with Crippen molar-refractivity contribution in [1.29, 1.82) is 0 Å². The van der Waals surface area contributed by atoms with Crippen LogP contribution in [0.2, 0.25) is 0 Å². The summed E-state index contributed by atoms with van der Waals surface area (Å²) >= 11 is 0. The van der Waals surface area contributed by atoms with E-state index in [1.54, 1.807) is 0 Å². The van der Waals surface area contributed by atoms with Crippen molar-refractivity contribution in [3.8, 4) is 0 Å². The number of nitrogens with two attached hydrogens (primary N) is 1. The average molecular weight is 309 g/mol. The van der Waals surface area contributed by atoms with Gasteiger partial charge >= 0.3 is 6.18 Å². The standard InChI is InChI=1S/C16H18F3N3/c1-2-3-4-11-5-7-13(8-6-11)22-14-9-12(16(17,18)19)10-21-15(14)20/h5-10,22H,2-4H2,1H3,(H2,20,21). The van der Waals surface area contributed by atoms with Crippen LogP contribution in [0.15, 0.2) is 36.5 Å². The largest absolute Gasteiger partial charge is 0.417 e. The highest BCUT2D eigenvalue weighted by Crippen LogP contribution is 2.32. The predicted octanol–water partition coefficient (Wildman–Crippen LogP) is 4.77. The van der Waals surface area contributed by atoms with Crippen molar-refractivity contribution < 1.29 is 13.2 Å². The Balaban J connectivity index is 2.16. The third kappa shape index (κ3) is 4.13. The van der Waals surface area contributed by atoms with E-state index in [4.69, 9.17) is 5.73 Å². The Hall–Kier alpha value is -2.24. The van der Waals surface area contributed by atoms with Crippen LogP contribution in [-0.2, 0) is 12.6 Å². The monoisotopic (exact) mass is 309 g/mol. The molecule has 118 valence electrons. The van der Waals surface area contributed by atoms with E-state index in [-0.39, 0.29) is 11.5 Å². The summed E-state index contributed by atoms with van der Waals surface area (Å²) in [5.41, 5.74) is 6.83. The quantitative estimate of drug-likeness (QED) is 0.836. The van der Waals surface area contributed by atoms with Gasteiger partial charge < -0.3 is 11.1 Å². The summed E-state index contributed by atoms with van der Waals surface area (Å²) in [5, 5.41) is 2.88. The van der Waals surface area contributed by atoms with Crippen molar-refractivity contribution in [1.82, 2.24) is 4.98 Å². The molecule has 2 rings (SSSR count). The Morgan fingerprint density at radius 2 is 1.86 bits per heavy atom. The van der Waals surface area contributed by atoms with E-state index in [2.05, 4.69) is 17.2 Å². The van der Waals surface area contributed by atoms with E-state index >= 15 is 0 Å². The predicted molar refractivity (Wildman–Crippen MR) is 82.0 cm³/mol. The molecule has 2 aromatic rings. The molecule has 0 atom stereocenters. The maximum Gasteiger partial charge on any atom is 0.417 e. The van der Waals surface area contributed by atoms with Gasteiger partial charge in [-0.1, -0.05) is 25.5 Å². The van der Waals surface area contributed by atoms with E-state index in [1.807, 2.05) is 24.3 Å². The molecule has 0 unspecified atom stereocenters. The van der Waals surface area contributed by atoms with E-state index in [0.29, 0.717) is 5.69 Å². The Morgan fingerprint density at radius 1 is 1.18 bits per heavy atom. The number of unbranched alkanes of at least 4 members (excludes halogenated alkanes) is 1. The van der Waals surface area contributed by atoms with Crippen LogP contribution >= 0.6 is 0 Å². The second-order valence-electron chi connectivity index (χ2n) is 5.08. The van der Waals surface area contributed by atoms with Crippen LogP contribution in [-0.4, -0.2) is 4.98 Å². The first-order valence-electron chi connectivity index (χ1n) is 7.09. The van der Waals surface area contributed by atoms with Gasteiger partial charge in [0.15, 0.2) is 0 Å². The average Bonchev–Trinajstić information content (AvgIpc) is 2.47. The fraction of sp³-hybridized carbons (Fsp3) is 0.312. The van der Waals surface area contributed by atoms with Crippen molar-refractivity contribution >= 4 is 17.2 Å². The van der Waals surface area contributed by atoms with Gasteiger partial charge in [-0.15, -0.1) is 0 Å². The van der Waals surface area contributed by atoms with E-state index in [1.165, 1.54) is 5.56 Å². The first kappa shape index (κ1) is 16.1. The molecule has 0 amide bonds. The molecule has 3 N–H and O–H groups in total. The number of aryl methyl sites for hydroxylation is 1. The van der Waals surface area contributed by atoms with Crippen LogP contribution in [0.5, 0.6) is 0 Å². The van der Waals surface area contributed by atoms with Gasteiger partial charge in [-0.3, -0.25) is 0 Å². The molecule has 3 nitrogen and oxygen atoms in total. The van der Waals surface area contributed by atoms with Crippen LogP contribution in [0.25, 0.3) is 0 Å². The van der Waals surface area contributed by atoms with Gasteiger partial charge in [-0.2, -0.15) is 13.2 Å². The van der Waals surface area contributed by atoms with Crippen LogP contribution in [0.3, 0.4) is 0 Å². The van der Waals surface area contributed by atoms with Gasteiger partial charge in [-0.25, -0.2) is 4.98 Å². The number of halogens is 3. The molecule has 1 heterocycles. The number of anilines is 3. The number of benzene rings is 1. The second kappa shape index (κ2) is 6.68. The SMILES string of the molecule is CCCCc1ccc(Nc2cc(C(F)(F)F)cnc2N)cc1. The van der Waals surface area contributed by atoms with Crippen molar-refractivity contribution in [3.63, 3.8) is 0 Å². The molecule has 0 fully saturated rings. The fourth-order valence-electron chi connectivity index (χ4n) is 2.02. The molecule has 1 aromatic heterocycles. The summed E-state index contributed by atoms with van der Waals surface area (Å²) in [6.45, 7) is 2.12. The third-order valence-electron chi connectivity index (χ3n) is 3.30. The number of alkyl halides is 3. The number of aromatic nitrogens is 1. The molecule has 0 radical (unpaired) electrons. The maximum absolute atomic E-state index is 12.7. The van der Waals surface area contributed by atoms with Crippen LogP contribution < -0.4 is 11.1 Å². The minimum Gasteiger partial charge on any atom is -0.382 e. The normalized spacial score (nSPS) is 11.5. The topological polar surface area (TPSA) is 50.9 Å². The summed E-state index contributed by atoms with van der Waals surface area (Å²) in [4.78, 5) is 3.60. The molecular formula is C16H18F3N3. The lowest BCUT2D eigenvalue weighted by Crippen LogP contribution is -2.08. The smallest absolute Gasteiger partial charge is 0.382 e. The number of rotatable bonds is 5. The summed E-state index contributed by atoms with van der Waals surface area (Å²) in [7, 11) is 0. The van der Waals surface area contributed by atoms with Gasteiger partial charge in [0, 0.05) is 11.9 Å². The lowest BCUT2D eigenvalue weighted by molar-refractivity contribution is -0.137. The number of pyridine rings is 1. The Bertz CT molecular complexity index is 622. The van der Waals surface area contributed by atoms with Crippen molar-refractivity contribution in [2.75, 3.05) is 11.1 Å². The summed E-state index contributed by atoms with van der Waals surface area (Å²) in [5.74, 6) is 0.0306. The van der Waals surface area contributed by atoms with Gasteiger partial charge in [0.25, 0.3) is 0 Å². The van der Waals surface area contributed by atoms with E-state index in [9.17, 15) is 13.2 Å². The lowest BCUT2D eigenvalue weighted by Gasteiger charge is -2.12. The molecule has 0 aliphatic rings. The highest BCUT2D eigenvalue weighted by atomic mass is 19.4. The summed E-state index contributed by atoms with van der Waals surface area (Å²) in [6, 6.07) is 8.52. The minimum atomic E-state index is -4.44. The zero-order valence-electron chi connectivity index (χ0n) is 12.2. The van der Waals surface area contributed by atoms with Crippen LogP contribution in [0, 0.1) is 0 Å². The second-order valence-corrected chi connectivity index (χ2v) is 5.08. The fourth-order valence-corrected chi connectivity index (χ4v) is 2.02. The van der Waals surface area contributed by atoms with E-state index in [0.717, 1.165) is 31.5 Å². The first-order valence-corrected chi connectivity index (χ1v) is 7.09. The molecule has 0 aliphatic carbocycles. The van der Waals surface area contributed by atoms with Crippen LogP contribution in [0.4, 0.5) is 30.4 Å². The number of hydrogen-bond acceptors (Lipinski definition) is 3. The molecular weight excluding hydrogens is 291 g/mol. The van der Waals surface area contributed by atoms with Crippen LogP contribution in [0.1, 0.15) is 30.9 Å². The third-order valence-corrected chi connectivity index (χ3v) is 3.30. The number of hydrogen-bond donors (Lipinski definition) is 2. The Labute approximate surface area is 127 Å². The molecule has 0 aliphatic heterocycles. The molecule has 22 heavy (non-hydrogen) atoms. The number of nitrogens with zero attached hydrogens (tertiary/aromatic N) is 1. The van der Waals surface area contributed by atoms with Gasteiger partial charge in [-0.05, 0) is 36.6 Å². The molecule has 0 bridgehead atoms. The number of nitrogen functional groups attached to an aromatic ring is 1. The van der Waals surface area contributed by atoms with E-state index < -0.39 is 11.7 Å². The highest BCUT2D eigenvalue weighted by Gasteiger charge is 2.31. The minimum absolute atomic E-state index is 0.0306. The maximum atomic E-state index is 12.7.